The molecule has 1 unspecified atom stereocenters. The van der Waals surface area contributed by atoms with Gasteiger partial charge in [-0.3, -0.25) is 4.79 Å². The van der Waals surface area contributed by atoms with Gasteiger partial charge in [0.25, 0.3) is 5.91 Å². The standard InChI is InChI=1S/C22H22ClN3O5/c23-15-7-4-13(5-8-15)21-16(19(11-27)31-26-21)12-30-20-9-6-14(10-24-20)22(29)25-17-2-1-3-18(17)28/h4-10,17-18,27-28H,1-3,11-12H2,(H,25,29)/t17?,18-/m0/s1. The van der Waals surface area contributed by atoms with E-state index < -0.39 is 6.10 Å². The SMILES string of the molecule is O=C(NC1CCC[C@@H]1O)c1ccc(OCc2c(-c3ccc(Cl)cc3)noc2CO)nc1. The van der Waals surface area contributed by atoms with Crippen molar-refractivity contribution in [1.82, 2.24) is 15.5 Å². The lowest BCUT2D eigenvalue weighted by atomic mass is 10.1. The maximum Gasteiger partial charge on any atom is 0.253 e. The minimum Gasteiger partial charge on any atom is -0.473 e. The number of carbonyl (C=O) groups excluding carboxylic acids is 1. The van der Waals surface area contributed by atoms with Gasteiger partial charge < -0.3 is 24.8 Å². The van der Waals surface area contributed by atoms with Crippen LogP contribution < -0.4 is 10.1 Å². The number of halogens is 1. The zero-order valence-electron chi connectivity index (χ0n) is 16.6. The van der Waals surface area contributed by atoms with Gasteiger partial charge in [-0.2, -0.15) is 0 Å². The van der Waals surface area contributed by atoms with Crippen LogP contribution in [0.4, 0.5) is 0 Å². The van der Waals surface area contributed by atoms with E-state index in [4.69, 9.17) is 20.9 Å². The van der Waals surface area contributed by atoms with Crippen LogP contribution in [0.3, 0.4) is 0 Å². The number of aromatic nitrogens is 2. The van der Waals surface area contributed by atoms with Crippen molar-refractivity contribution < 1.29 is 24.3 Å². The van der Waals surface area contributed by atoms with Crippen LogP contribution in [0.25, 0.3) is 11.3 Å². The number of nitrogens with one attached hydrogen (secondary N) is 1. The molecule has 1 aliphatic rings. The summed E-state index contributed by atoms with van der Waals surface area (Å²) in [5, 5.41) is 26.9. The molecule has 0 saturated heterocycles. The molecule has 2 aromatic heterocycles. The van der Waals surface area contributed by atoms with Crippen molar-refractivity contribution in [2.45, 2.75) is 44.6 Å². The average Bonchev–Trinajstić information content (AvgIpc) is 3.38. The molecule has 8 nitrogen and oxygen atoms in total. The first-order chi connectivity index (χ1) is 15.0. The molecular weight excluding hydrogens is 422 g/mol. The first kappa shape index (κ1) is 21.3. The Hall–Kier alpha value is -2.94. The second-order valence-corrected chi connectivity index (χ2v) is 7.79. The normalized spacial score (nSPS) is 18.2. The number of nitrogens with zero attached hydrogens (tertiary/aromatic N) is 2. The minimum atomic E-state index is -0.501. The Labute approximate surface area is 183 Å². The van der Waals surface area contributed by atoms with Crippen LogP contribution in [0.1, 0.15) is 40.9 Å². The van der Waals surface area contributed by atoms with Gasteiger partial charge in [-0.25, -0.2) is 4.98 Å². The quantitative estimate of drug-likeness (QED) is 0.513. The van der Waals surface area contributed by atoms with Gasteiger partial charge in [-0.05, 0) is 37.5 Å². The number of hydrogen-bond acceptors (Lipinski definition) is 7. The van der Waals surface area contributed by atoms with Crippen LogP contribution in [0.2, 0.25) is 5.02 Å². The fourth-order valence-electron chi connectivity index (χ4n) is 3.56. The van der Waals surface area contributed by atoms with Gasteiger partial charge in [-0.15, -0.1) is 0 Å². The van der Waals surface area contributed by atoms with Crippen LogP contribution >= 0.6 is 11.6 Å². The molecule has 0 radical (unpaired) electrons. The van der Waals surface area contributed by atoms with E-state index >= 15 is 0 Å². The van der Waals surface area contributed by atoms with Gasteiger partial charge >= 0.3 is 0 Å². The van der Waals surface area contributed by atoms with Crippen LogP contribution in [0.5, 0.6) is 5.88 Å². The predicted octanol–water partition coefficient (Wildman–Crippen LogP) is 3.10. The van der Waals surface area contributed by atoms with E-state index in [1.807, 2.05) is 0 Å². The summed E-state index contributed by atoms with van der Waals surface area (Å²) < 4.78 is 11.0. The number of pyridine rings is 1. The van der Waals surface area contributed by atoms with E-state index in [0.717, 1.165) is 18.4 Å². The van der Waals surface area contributed by atoms with Crippen molar-refractivity contribution in [3.05, 3.63) is 64.5 Å². The Kier molecular flexibility index (Phi) is 6.50. The Morgan fingerprint density at radius 3 is 2.68 bits per heavy atom. The number of amides is 1. The molecule has 1 saturated carbocycles. The van der Waals surface area contributed by atoms with Gasteiger partial charge in [0.05, 0.1) is 23.3 Å². The average molecular weight is 444 g/mol. The monoisotopic (exact) mass is 443 g/mol. The molecule has 9 heteroatoms. The van der Waals surface area contributed by atoms with Gasteiger partial charge in [0, 0.05) is 22.8 Å². The highest BCUT2D eigenvalue weighted by atomic mass is 35.5. The van der Waals surface area contributed by atoms with Crippen molar-refractivity contribution in [2.24, 2.45) is 0 Å². The molecule has 2 atom stereocenters. The third-order valence-electron chi connectivity index (χ3n) is 5.29. The third-order valence-corrected chi connectivity index (χ3v) is 5.54. The smallest absolute Gasteiger partial charge is 0.253 e. The molecule has 0 aliphatic heterocycles. The maximum absolute atomic E-state index is 12.4. The Morgan fingerprint density at radius 1 is 1.23 bits per heavy atom. The van der Waals surface area contributed by atoms with Crippen LogP contribution in [-0.4, -0.2) is 38.4 Å². The summed E-state index contributed by atoms with van der Waals surface area (Å²) >= 11 is 5.94. The number of hydrogen-bond donors (Lipinski definition) is 3. The molecule has 3 N–H and O–H groups in total. The summed E-state index contributed by atoms with van der Waals surface area (Å²) in [6.45, 7) is -0.247. The van der Waals surface area contributed by atoms with Crippen LogP contribution in [0, 0.1) is 0 Å². The lowest BCUT2D eigenvalue weighted by Crippen LogP contribution is -2.39. The van der Waals surface area contributed by atoms with Crippen LogP contribution in [0.15, 0.2) is 47.1 Å². The predicted molar refractivity (Wildman–Crippen MR) is 113 cm³/mol. The van der Waals surface area contributed by atoms with E-state index in [1.165, 1.54) is 6.20 Å². The maximum atomic E-state index is 12.4. The summed E-state index contributed by atoms with van der Waals surface area (Å²) in [5.41, 5.74) is 2.31. The van der Waals surface area contributed by atoms with Crippen molar-refractivity contribution in [2.75, 3.05) is 0 Å². The Bertz CT molecular complexity index is 1040. The number of benzene rings is 1. The van der Waals surface area contributed by atoms with E-state index in [0.29, 0.717) is 39.9 Å². The second kappa shape index (κ2) is 9.47. The van der Waals surface area contributed by atoms with Gasteiger partial charge in [0.15, 0.2) is 5.76 Å². The summed E-state index contributed by atoms with van der Waals surface area (Å²) in [7, 11) is 0. The molecule has 0 bridgehead atoms. The Morgan fingerprint density at radius 2 is 2.03 bits per heavy atom. The van der Waals surface area contributed by atoms with Gasteiger partial charge in [0.2, 0.25) is 5.88 Å². The topological polar surface area (TPSA) is 118 Å². The van der Waals surface area contributed by atoms with Gasteiger partial charge in [-0.1, -0.05) is 28.9 Å². The van der Waals surface area contributed by atoms with Crippen molar-refractivity contribution in [3.63, 3.8) is 0 Å². The largest absolute Gasteiger partial charge is 0.473 e. The van der Waals surface area contributed by atoms with E-state index in [9.17, 15) is 15.0 Å². The molecule has 1 amide bonds. The Balaban J connectivity index is 1.43. The minimum absolute atomic E-state index is 0.0736. The number of rotatable bonds is 7. The van der Waals surface area contributed by atoms with E-state index in [2.05, 4.69) is 15.5 Å². The summed E-state index contributed by atoms with van der Waals surface area (Å²) in [6.07, 6.45) is 3.29. The van der Waals surface area contributed by atoms with Crippen LogP contribution in [-0.2, 0) is 13.2 Å². The molecule has 2 heterocycles. The molecule has 1 aliphatic carbocycles. The molecule has 1 aromatic carbocycles. The number of aliphatic hydroxyl groups is 2. The third kappa shape index (κ3) is 4.87. The van der Waals surface area contributed by atoms with E-state index in [1.54, 1.807) is 36.4 Å². The summed E-state index contributed by atoms with van der Waals surface area (Å²) in [5.74, 6) is 0.331. The zero-order valence-corrected chi connectivity index (χ0v) is 17.4. The first-order valence-corrected chi connectivity index (χ1v) is 10.3. The number of carbonyl (C=O) groups is 1. The molecule has 31 heavy (non-hydrogen) atoms. The molecule has 1 fully saturated rings. The highest BCUT2D eigenvalue weighted by Gasteiger charge is 2.27. The van der Waals surface area contributed by atoms with E-state index in [-0.39, 0.29) is 25.2 Å². The summed E-state index contributed by atoms with van der Waals surface area (Å²) in [6, 6.07) is 10.1. The highest BCUT2D eigenvalue weighted by molar-refractivity contribution is 6.30. The van der Waals surface area contributed by atoms with Crippen molar-refractivity contribution >= 4 is 17.5 Å². The molecule has 0 spiro atoms. The number of aliphatic hydroxyl groups excluding tert-OH is 2. The number of ether oxygens (including phenoxy) is 1. The molecule has 4 rings (SSSR count). The molecule has 162 valence electrons. The molecular formula is C22H22ClN3O5. The highest BCUT2D eigenvalue weighted by Crippen LogP contribution is 2.28. The second-order valence-electron chi connectivity index (χ2n) is 7.35. The van der Waals surface area contributed by atoms with Crippen molar-refractivity contribution in [1.29, 1.82) is 0 Å². The molecule has 3 aromatic rings. The fourth-order valence-corrected chi connectivity index (χ4v) is 3.68. The first-order valence-electron chi connectivity index (χ1n) is 9.97. The zero-order chi connectivity index (χ0) is 21.8. The van der Waals surface area contributed by atoms with Crippen molar-refractivity contribution in [3.8, 4) is 17.1 Å². The van der Waals surface area contributed by atoms with Gasteiger partial charge in [0.1, 0.15) is 18.9 Å². The summed E-state index contributed by atoms with van der Waals surface area (Å²) in [4.78, 5) is 16.5. The lowest BCUT2D eigenvalue weighted by Gasteiger charge is -2.16. The lowest BCUT2D eigenvalue weighted by molar-refractivity contribution is 0.0873. The fraction of sp³-hybridized carbons (Fsp3) is 0.318.